The molecule has 4 nitrogen and oxygen atoms in total. The Morgan fingerprint density at radius 3 is 2.50 bits per heavy atom. The summed E-state index contributed by atoms with van der Waals surface area (Å²) in [7, 11) is 0. The quantitative estimate of drug-likeness (QED) is 0.831. The Hall–Kier alpha value is -1.36. The van der Waals surface area contributed by atoms with Gasteiger partial charge in [-0.25, -0.2) is 0 Å². The highest BCUT2D eigenvalue weighted by molar-refractivity contribution is 9.10. The molecule has 2 amide bonds. The van der Waals surface area contributed by atoms with Gasteiger partial charge < -0.3 is 11.1 Å². The van der Waals surface area contributed by atoms with Crippen LogP contribution in [-0.2, 0) is 4.79 Å². The summed E-state index contributed by atoms with van der Waals surface area (Å²) in [5, 5.41) is 2.74. The minimum absolute atomic E-state index is 0.130. The van der Waals surface area contributed by atoms with Crippen LogP contribution < -0.4 is 11.1 Å². The molecule has 0 radical (unpaired) electrons. The van der Waals surface area contributed by atoms with Crippen LogP contribution in [0.5, 0.6) is 0 Å². The minimum atomic E-state index is -0.477. The number of carbonyl (C=O) groups excluding carboxylic acids is 2. The molecule has 1 rings (SSSR count). The maximum atomic E-state index is 11.4. The lowest BCUT2D eigenvalue weighted by molar-refractivity contribution is -0.115. The Morgan fingerprint density at radius 1 is 1.44 bits per heavy atom. The number of primary amides is 1. The monoisotopic (exact) mass is 284 g/mol. The van der Waals surface area contributed by atoms with Gasteiger partial charge in [-0.2, -0.15) is 0 Å². The lowest BCUT2D eigenvalue weighted by Crippen LogP contribution is -2.20. The van der Waals surface area contributed by atoms with Crippen LogP contribution >= 0.6 is 15.9 Å². The normalized spacial score (nSPS) is 11.9. The third kappa shape index (κ3) is 3.06. The number of hydrogen-bond donors (Lipinski definition) is 2. The summed E-state index contributed by atoms with van der Waals surface area (Å²) in [4.78, 5) is 22.1. The zero-order valence-corrected chi connectivity index (χ0v) is 10.7. The lowest BCUT2D eigenvalue weighted by atomic mass is 10.1. The van der Waals surface area contributed by atoms with E-state index in [0.29, 0.717) is 11.3 Å². The first-order valence-corrected chi connectivity index (χ1v) is 5.68. The van der Waals surface area contributed by atoms with Crippen molar-refractivity contribution in [1.29, 1.82) is 0 Å². The summed E-state index contributed by atoms with van der Waals surface area (Å²) in [6.07, 6.45) is 0. The highest BCUT2D eigenvalue weighted by atomic mass is 79.9. The average Bonchev–Trinajstić information content (AvgIpc) is 2.20. The molecule has 0 aliphatic rings. The molecule has 0 bridgehead atoms. The number of carbonyl (C=O) groups is 2. The van der Waals surface area contributed by atoms with E-state index in [1.54, 1.807) is 32.0 Å². The Kier molecular flexibility index (Phi) is 4.06. The summed E-state index contributed by atoms with van der Waals surface area (Å²) in [5.41, 5.74) is 7.07. The average molecular weight is 285 g/mol. The minimum Gasteiger partial charge on any atom is -0.366 e. The Labute approximate surface area is 102 Å². The van der Waals surface area contributed by atoms with Crippen LogP contribution in [-0.4, -0.2) is 16.6 Å². The zero-order chi connectivity index (χ0) is 12.3. The van der Waals surface area contributed by atoms with Crippen LogP contribution in [0.3, 0.4) is 0 Å². The third-order valence-corrected chi connectivity index (χ3v) is 2.55. The highest BCUT2D eigenvalue weighted by Crippen LogP contribution is 2.17. The molecule has 0 spiro atoms. The molecule has 1 aromatic rings. The van der Waals surface area contributed by atoms with E-state index in [9.17, 15) is 9.59 Å². The number of nitrogens with two attached hydrogens (primary N) is 1. The number of amides is 2. The predicted molar refractivity (Wildman–Crippen MR) is 66.7 cm³/mol. The van der Waals surface area contributed by atoms with Crippen molar-refractivity contribution in [2.75, 3.05) is 5.32 Å². The van der Waals surface area contributed by atoms with Gasteiger partial charge in [0.25, 0.3) is 0 Å². The Morgan fingerprint density at radius 2 is 2.06 bits per heavy atom. The Balaban J connectivity index is 2.91. The first-order chi connectivity index (χ1) is 7.41. The van der Waals surface area contributed by atoms with E-state index in [4.69, 9.17) is 5.73 Å². The number of hydrogen-bond acceptors (Lipinski definition) is 2. The summed E-state index contributed by atoms with van der Waals surface area (Å²) in [5.74, 6) is -0.607. The molecule has 0 fully saturated rings. The molecule has 0 aromatic heterocycles. The number of rotatable bonds is 3. The van der Waals surface area contributed by atoms with Gasteiger partial charge in [-0.05, 0) is 37.6 Å². The van der Waals surface area contributed by atoms with Gasteiger partial charge in [0, 0.05) is 11.3 Å². The third-order valence-electron chi connectivity index (χ3n) is 2.13. The van der Waals surface area contributed by atoms with E-state index >= 15 is 0 Å². The van der Waals surface area contributed by atoms with Gasteiger partial charge in [-0.3, -0.25) is 9.59 Å². The molecule has 86 valence electrons. The zero-order valence-electron chi connectivity index (χ0n) is 9.08. The molecule has 0 heterocycles. The summed E-state index contributed by atoms with van der Waals surface area (Å²) < 4.78 is 0. The molecule has 1 atom stereocenters. The number of halogens is 1. The molecule has 16 heavy (non-hydrogen) atoms. The van der Waals surface area contributed by atoms with Crippen LogP contribution in [0, 0.1) is 6.92 Å². The summed E-state index contributed by atoms with van der Waals surface area (Å²) >= 11 is 3.17. The number of alkyl halides is 1. The number of benzene rings is 1. The second-order valence-corrected chi connectivity index (χ2v) is 4.87. The van der Waals surface area contributed by atoms with Crippen molar-refractivity contribution in [3.63, 3.8) is 0 Å². The van der Waals surface area contributed by atoms with Crippen LogP contribution in [0.2, 0.25) is 0 Å². The van der Waals surface area contributed by atoms with Gasteiger partial charge in [0.2, 0.25) is 11.8 Å². The van der Waals surface area contributed by atoms with E-state index in [2.05, 4.69) is 21.2 Å². The van der Waals surface area contributed by atoms with Gasteiger partial charge in [0.05, 0.1) is 4.83 Å². The van der Waals surface area contributed by atoms with E-state index in [1.165, 1.54) is 0 Å². The first kappa shape index (κ1) is 12.7. The fraction of sp³-hybridized carbons (Fsp3) is 0.273. The summed E-state index contributed by atoms with van der Waals surface area (Å²) in [6, 6.07) is 4.91. The molecular formula is C11H13BrN2O2. The number of anilines is 1. The fourth-order valence-corrected chi connectivity index (χ4v) is 1.30. The maximum absolute atomic E-state index is 11.4. The highest BCUT2D eigenvalue weighted by Gasteiger charge is 2.11. The SMILES string of the molecule is Cc1cc(C(N)=O)ccc1NC(=O)C(C)Br. The van der Waals surface area contributed by atoms with Crippen molar-refractivity contribution in [2.45, 2.75) is 18.7 Å². The van der Waals surface area contributed by atoms with Crippen LogP contribution in [0.4, 0.5) is 5.69 Å². The molecule has 0 aliphatic heterocycles. The van der Waals surface area contributed by atoms with E-state index < -0.39 is 5.91 Å². The second kappa shape index (κ2) is 5.12. The molecular weight excluding hydrogens is 272 g/mol. The van der Waals surface area contributed by atoms with Crippen molar-refractivity contribution >= 4 is 33.4 Å². The van der Waals surface area contributed by atoms with Gasteiger partial charge >= 0.3 is 0 Å². The van der Waals surface area contributed by atoms with Gasteiger partial charge in [-0.1, -0.05) is 15.9 Å². The molecule has 1 unspecified atom stereocenters. The van der Waals surface area contributed by atoms with Crippen molar-refractivity contribution in [2.24, 2.45) is 5.73 Å². The van der Waals surface area contributed by atoms with E-state index in [1.807, 2.05) is 0 Å². The summed E-state index contributed by atoms with van der Waals surface area (Å²) in [6.45, 7) is 3.55. The van der Waals surface area contributed by atoms with Crippen LogP contribution in [0.1, 0.15) is 22.8 Å². The fourth-order valence-electron chi connectivity index (χ4n) is 1.19. The smallest absolute Gasteiger partial charge is 0.248 e. The van der Waals surface area contributed by atoms with Crippen molar-refractivity contribution in [3.8, 4) is 0 Å². The van der Waals surface area contributed by atoms with E-state index in [-0.39, 0.29) is 10.7 Å². The van der Waals surface area contributed by atoms with Gasteiger partial charge in [0.1, 0.15) is 0 Å². The maximum Gasteiger partial charge on any atom is 0.248 e. The number of aryl methyl sites for hydroxylation is 1. The largest absolute Gasteiger partial charge is 0.366 e. The molecule has 1 aromatic carbocycles. The molecule has 0 saturated heterocycles. The second-order valence-electron chi connectivity index (χ2n) is 3.50. The first-order valence-electron chi connectivity index (χ1n) is 4.77. The molecule has 3 N–H and O–H groups in total. The van der Waals surface area contributed by atoms with Crippen LogP contribution in [0.25, 0.3) is 0 Å². The molecule has 0 saturated carbocycles. The predicted octanol–water partition coefficient (Wildman–Crippen LogP) is 1.82. The topological polar surface area (TPSA) is 72.2 Å². The number of nitrogens with one attached hydrogen (secondary N) is 1. The molecule has 5 heteroatoms. The Bertz CT molecular complexity index is 430. The van der Waals surface area contributed by atoms with Gasteiger partial charge in [-0.15, -0.1) is 0 Å². The molecule has 0 aliphatic carbocycles. The van der Waals surface area contributed by atoms with Crippen molar-refractivity contribution in [3.05, 3.63) is 29.3 Å². The lowest BCUT2D eigenvalue weighted by Gasteiger charge is -2.10. The van der Waals surface area contributed by atoms with Crippen LogP contribution in [0.15, 0.2) is 18.2 Å². The standard InChI is InChI=1S/C11H13BrN2O2/c1-6-5-8(10(13)15)3-4-9(6)14-11(16)7(2)12/h3-5,7H,1-2H3,(H2,13,15)(H,14,16). The van der Waals surface area contributed by atoms with E-state index in [0.717, 1.165) is 5.56 Å². The van der Waals surface area contributed by atoms with Gasteiger partial charge in [0.15, 0.2) is 0 Å². The van der Waals surface area contributed by atoms with Crippen molar-refractivity contribution < 1.29 is 9.59 Å². The van der Waals surface area contributed by atoms with Crippen molar-refractivity contribution in [1.82, 2.24) is 0 Å².